The number of ketones is 1. The third kappa shape index (κ3) is 3.91. The van der Waals surface area contributed by atoms with Gasteiger partial charge in [-0.3, -0.25) is 9.59 Å². The zero-order valence-corrected chi connectivity index (χ0v) is 18.3. The van der Waals surface area contributed by atoms with Gasteiger partial charge in [-0.25, -0.2) is 0 Å². The third-order valence-electron chi connectivity index (χ3n) is 6.24. The van der Waals surface area contributed by atoms with Crippen LogP contribution in [0.5, 0.6) is 11.5 Å². The molecule has 0 aromatic heterocycles. The number of likely N-dealkylation sites (tertiary alicyclic amines) is 1. The highest BCUT2D eigenvalue weighted by Crippen LogP contribution is 2.41. The number of piperidine rings is 1. The first-order valence-electron chi connectivity index (χ1n) is 10.3. The minimum absolute atomic E-state index is 0.0608. The number of nitrogens with zero attached hydrogens (tertiary/aromatic N) is 1. The van der Waals surface area contributed by atoms with E-state index < -0.39 is 11.7 Å². The SMILES string of the molecule is Cc1ccc2c(c1C)OC1(CCN(C(=O)C(C)Oc3ccc(Cl)cc3)CC1)CC2=O. The summed E-state index contributed by atoms with van der Waals surface area (Å²) in [6.07, 6.45) is 1.02. The van der Waals surface area contributed by atoms with Gasteiger partial charge >= 0.3 is 0 Å². The molecule has 1 fully saturated rings. The van der Waals surface area contributed by atoms with Crippen molar-refractivity contribution in [3.8, 4) is 11.5 Å². The molecule has 1 amide bonds. The predicted molar refractivity (Wildman–Crippen MR) is 116 cm³/mol. The quantitative estimate of drug-likeness (QED) is 0.709. The summed E-state index contributed by atoms with van der Waals surface area (Å²) in [5.41, 5.74) is 2.27. The molecule has 4 rings (SSSR count). The number of halogens is 1. The van der Waals surface area contributed by atoms with Crippen molar-refractivity contribution in [3.63, 3.8) is 0 Å². The fourth-order valence-electron chi connectivity index (χ4n) is 4.22. The number of fused-ring (bicyclic) bond motifs is 1. The lowest BCUT2D eigenvalue weighted by atomic mass is 9.81. The van der Waals surface area contributed by atoms with Crippen LogP contribution >= 0.6 is 11.6 Å². The van der Waals surface area contributed by atoms with Crippen molar-refractivity contribution in [3.05, 3.63) is 58.1 Å². The van der Waals surface area contributed by atoms with Gasteiger partial charge in [-0.1, -0.05) is 17.7 Å². The average molecular weight is 428 g/mol. The highest BCUT2D eigenvalue weighted by Gasteiger charge is 2.44. The number of aryl methyl sites for hydroxylation is 1. The number of hydrogen-bond acceptors (Lipinski definition) is 4. The van der Waals surface area contributed by atoms with Crippen molar-refractivity contribution in [2.75, 3.05) is 13.1 Å². The molecular weight excluding hydrogens is 402 g/mol. The Morgan fingerprint density at radius 2 is 1.80 bits per heavy atom. The molecule has 30 heavy (non-hydrogen) atoms. The minimum atomic E-state index is -0.597. The van der Waals surface area contributed by atoms with E-state index in [1.54, 1.807) is 36.1 Å². The van der Waals surface area contributed by atoms with Crippen LogP contribution in [-0.4, -0.2) is 41.4 Å². The molecule has 5 nitrogen and oxygen atoms in total. The summed E-state index contributed by atoms with van der Waals surface area (Å²) >= 11 is 5.90. The standard InChI is InChI=1S/C24H26ClNO4/c1-15-4-9-20-21(27)14-24(30-22(20)16(15)2)10-12-26(13-11-24)23(28)17(3)29-19-7-5-18(25)6-8-19/h4-9,17H,10-14H2,1-3H3. The summed E-state index contributed by atoms with van der Waals surface area (Å²) in [6, 6.07) is 10.8. The van der Waals surface area contributed by atoms with Crippen LogP contribution in [0.15, 0.2) is 36.4 Å². The Hall–Kier alpha value is -2.53. The highest BCUT2D eigenvalue weighted by molar-refractivity contribution is 6.30. The van der Waals surface area contributed by atoms with E-state index in [9.17, 15) is 9.59 Å². The molecule has 1 saturated heterocycles. The fourth-order valence-corrected chi connectivity index (χ4v) is 4.35. The van der Waals surface area contributed by atoms with Gasteiger partial charge in [0.25, 0.3) is 5.91 Å². The Morgan fingerprint density at radius 1 is 1.13 bits per heavy atom. The van der Waals surface area contributed by atoms with Gasteiger partial charge in [0.15, 0.2) is 11.9 Å². The summed E-state index contributed by atoms with van der Waals surface area (Å²) in [6.45, 7) is 6.86. The molecule has 2 aromatic carbocycles. The Balaban J connectivity index is 1.42. The van der Waals surface area contributed by atoms with Gasteiger partial charge in [-0.05, 0) is 62.2 Å². The normalized spacial score (nSPS) is 18.5. The van der Waals surface area contributed by atoms with E-state index in [1.165, 1.54) is 0 Å². The number of Topliss-reactive ketones (excluding diaryl/α,β-unsaturated/α-hetero) is 1. The van der Waals surface area contributed by atoms with Gasteiger partial charge in [0.1, 0.15) is 17.1 Å². The first-order chi connectivity index (χ1) is 14.3. The van der Waals surface area contributed by atoms with E-state index >= 15 is 0 Å². The molecule has 2 aliphatic rings. The van der Waals surface area contributed by atoms with Crippen LogP contribution in [0.3, 0.4) is 0 Å². The van der Waals surface area contributed by atoms with Gasteiger partial charge in [-0.15, -0.1) is 0 Å². The van der Waals surface area contributed by atoms with Crippen molar-refractivity contribution in [1.29, 1.82) is 0 Å². The number of benzene rings is 2. The maximum absolute atomic E-state index is 12.9. The maximum Gasteiger partial charge on any atom is 0.263 e. The number of ether oxygens (including phenoxy) is 2. The number of hydrogen-bond donors (Lipinski definition) is 0. The van der Waals surface area contributed by atoms with Crippen molar-refractivity contribution in [2.45, 2.75) is 51.7 Å². The van der Waals surface area contributed by atoms with Crippen LogP contribution in [0.2, 0.25) is 5.02 Å². The van der Waals surface area contributed by atoms with Crippen LogP contribution in [0.25, 0.3) is 0 Å². The van der Waals surface area contributed by atoms with Crippen LogP contribution in [-0.2, 0) is 4.79 Å². The third-order valence-corrected chi connectivity index (χ3v) is 6.49. The Kier molecular flexibility index (Phi) is 5.49. The topological polar surface area (TPSA) is 55.8 Å². The lowest BCUT2D eigenvalue weighted by molar-refractivity contribution is -0.141. The second kappa shape index (κ2) is 7.95. The number of carbonyl (C=O) groups excluding carboxylic acids is 2. The van der Waals surface area contributed by atoms with Crippen LogP contribution in [0.4, 0.5) is 0 Å². The summed E-state index contributed by atoms with van der Waals surface area (Å²) in [7, 11) is 0. The van der Waals surface area contributed by atoms with Crippen molar-refractivity contribution in [1.82, 2.24) is 4.90 Å². The fraction of sp³-hybridized carbons (Fsp3) is 0.417. The molecule has 0 bridgehead atoms. The van der Waals surface area contributed by atoms with E-state index in [-0.39, 0.29) is 11.7 Å². The van der Waals surface area contributed by atoms with Gasteiger partial charge < -0.3 is 14.4 Å². The summed E-state index contributed by atoms with van der Waals surface area (Å²) < 4.78 is 12.2. The summed E-state index contributed by atoms with van der Waals surface area (Å²) in [5.74, 6) is 1.38. The molecule has 1 unspecified atom stereocenters. The smallest absolute Gasteiger partial charge is 0.263 e. The van der Waals surface area contributed by atoms with E-state index in [1.807, 2.05) is 26.0 Å². The van der Waals surface area contributed by atoms with Crippen molar-refractivity contribution < 1.29 is 19.1 Å². The molecule has 0 saturated carbocycles. The van der Waals surface area contributed by atoms with Gasteiger partial charge in [0, 0.05) is 31.0 Å². The lowest BCUT2D eigenvalue weighted by Gasteiger charge is -2.44. The first kappa shape index (κ1) is 20.7. The van der Waals surface area contributed by atoms with Crippen molar-refractivity contribution >= 4 is 23.3 Å². The van der Waals surface area contributed by atoms with Gasteiger partial charge in [-0.2, -0.15) is 0 Å². The molecule has 158 valence electrons. The average Bonchev–Trinajstić information content (AvgIpc) is 2.73. The van der Waals surface area contributed by atoms with E-state index in [0.717, 1.165) is 11.1 Å². The molecule has 0 radical (unpaired) electrons. The Labute approximate surface area is 181 Å². The number of carbonyl (C=O) groups is 2. The predicted octanol–water partition coefficient (Wildman–Crippen LogP) is 4.75. The molecule has 0 N–H and O–H groups in total. The van der Waals surface area contributed by atoms with E-state index in [4.69, 9.17) is 21.1 Å². The van der Waals surface area contributed by atoms with Gasteiger partial charge in [0.05, 0.1) is 12.0 Å². The Bertz CT molecular complexity index is 977. The maximum atomic E-state index is 12.9. The zero-order chi connectivity index (χ0) is 21.5. The number of rotatable bonds is 3. The molecule has 6 heteroatoms. The van der Waals surface area contributed by atoms with Crippen LogP contribution < -0.4 is 9.47 Å². The van der Waals surface area contributed by atoms with Crippen molar-refractivity contribution in [2.24, 2.45) is 0 Å². The molecule has 2 aliphatic heterocycles. The van der Waals surface area contributed by atoms with Crippen LogP contribution in [0.1, 0.15) is 47.7 Å². The van der Waals surface area contributed by atoms with Gasteiger partial charge in [0.2, 0.25) is 0 Å². The summed E-state index contributed by atoms with van der Waals surface area (Å²) in [4.78, 5) is 27.5. The first-order valence-corrected chi connectivity index (χ1v) is 10.7. The van der Waals surface area contributed by atoms with E-state index in [2.05, 4.69) is 0 Å². The minimum Gasteiger partial charge on any atom is -0.486 e. The summed E-state index contributed by atoms with van der Waals surface area (Å²) in [5, 5.41) is 0.622. The zero-order valence-electron chi connectivity index (χ0n) is 17.5. The van der Waals surface area contributed by atoms with Crippen LogP contribution in [0, 0.1) is 13.8 Å². The molecule has 2 heterocycles. The Morgan fingerprint density at radius 3 is 2.47 bits per heavy atom. The lowest BCUT2D eigenvalue weighted by Crippen LogP contribution is -2.54. The molecular formula is C24H26ClNO4. The highest BCUT2D eigenvalue weighted by atomic mass is 35.5. The molecule has 0 aliphatic carbocycles. The monoisotopic (exact) mass is 427 g/mol. The molecule has 2 aromatic rings. The van der Waals surface area contributed by atoms with E-state index in [0.29, 0.717) is 54.4 Å². The second-order valence-corrected chi connectivity index (χ2v) is 8.74. The second-order valence-electron chi connectivity index (χ2n) is 8.31. The molecule has 1 atom stereocenters. The largest absolute Gasteiger partial charge is 0.486 e. The number of amides is 1. The molecule has 1 spiro atoms.